The summed E-state index contributed by atoms with van der Waals surface area (Å²) in [5, 5.41) is 0. The lowest BCUT2D eigenvalue weighted by Gasteiger charge is -2.39. The molecule has 2 atom stereocenters. The van der Waals surface area contributed by atoms with Gasteiger partial charge in [0.1, 0.15) is 17.2 Å². The number of piperidine rings is 1. The van der Waals surface area contributed by atoms with Gasteiger partial charge in [-0.2, -0.15) is 0 Å². The summed E-state index contributed by atoms with van der Waals surface area (Å²) in [6.45, 7) is 7.80. The molecule has 0 N–H and O–H groups in total. The van der Waals surface area contributed by atoms with E-state index in [1.807, 2.05) is 37.8 Å². The minimum atomic E-state index is -0.538. The number of halogens is 2. The maximum Gasteiger partial charge on any atom is 0.410 e. The van der Waals surface area contributed by atoms with Gasteiger partial charge in [0.25, 0.3) is 0 Å². The van der Waals surface area contributed by atoms with E-state index in [2.05, 4.69) is 4.90 Å². The number of carbonyl (C=O) groups is 1. The molecule has 3 aliphatic heterocycles. The second kappa shape index (κ2) is 7.94. The molecule has 1 fully saturated rings. The van der Waals surface area contributed by atoms with Gasteiger partial charge in [-0.15, -0.1) is 11.8 Å². The fraction of sp³-hybridized carbons (Fsp3) is 0.480. The first-order valence-electron chi connectivity index (χ1n) is 11.2. The third-order valence-electron chi connectivity index (χ3n) is 6.50. The van der Waals surface area contributed by atoms with Crippen molar-refractivity contribution in [1.82, 2.24) is 4.90 Å². The Kier molecular flexibility index (Phi) is 5.35. The number of benzene rings is 2. The van der Waals surface area contributed by atoms with E-state index in [0.717, 1.165) is 35.7 Å². The van der Waals surface area contributed by atoms with E-state index in [-0.39, 0.29) is 17.6 Å². The van der Waals surface area contributed by atoms with Crippen LogP contribution >= 0.6 is 11.8 Å². The first-order valence-corrected chi connectivity index (χ1v) is 12.2. The van der Waals surface area contributed by atoms with Crippen LogP contribution < -0.4 is 4.90 Å². The zero-order valence-electron chi connectivity index (χ0n) is 18.7. The van der Waals surface area contributed by atoms with Crippen molar-refractivity contribution in [3.8, 4) is 11.1 Å². The predicted octanol–water partition coefficient (Wildman–Crippen LogP) is 6.04. The topological polar surface area (TPSA) is 32.8 Å². The molecular weight excluding hydrogens is 430 g/mol. The lowest BCUT2D eigenvalue weighted by atomic mass is 9.88. The van der Waals surface area contributed by atoms with Gasteiger partial charge in [-0.1, -0.05) is 18.2 Å². The third kappa shape index (κ3) is 3.64. The number of carbonyl (C=O) groups excluding carboxylic acids is 1. The molecule has 1 amide bonds. The normalized spacial score (nSPS) is 22.3. The number of anilines is 1. The number of thioether (sulfide) groups is 1. The molecule has 0 aromatic heterocycles. The Morgan fingerprint density at radius 1 is 1.12 bits per heavy atom. The van der Waals surface area contributed by atoms with Crippen LogP contribution in [0.15, 0.2) is 35.2 Å². The van der Waals surface area contributed by atoms with Gasteiger partial charge >= 0.3 is 6.09 Å². The monoisotopic (exact) mass is 458 g/mol. The predicted molar refractivity (Wildman–Crippen MR) is 123 cm³/mol. The van der Waals surface area contributed by atoms with Crippen LogP contribution in [0.4, 0.5) is 19.3 Å². The maximum atomic E-state index is 14.7. The molecule has 3 heterocycles. The highest BCUT2D eigenvalue weighted by Crippen LogP contribution is 2.53. The van der Waals surface area contributed by atoms with Gasteiger partial charge in [-0.3, -0.25) is 0 Å². The number of hydrogen-bond acceptors (Lipinski definition) is 4. The average Bonchev–Trinajstić information content (AvgIpc) is 2.87. The molecule has 2 aromatic rings. The maximum absolute atomic E-state index is 14.7. The largest absolute Gasteiger partial charge is 0.444 e. The van der Waals surface area contributed by atoms with Crippen molar-refractivity contribution in [3.05, 3.63) is 47.5 Å². The van der Waals surface area contributed by atoms with Crippen molar-refractivity contribution < 1.29 is 18.3 Å². The molecule has 7 heteroatoms. The van der Waals surface area contributed by atoms with E-state index in [1.165, 1.54) is 23.8 Å². The van der Waals surface area contributed by atoms with E-state index in [0.29, 0.717) is 24.7 Å². The van der Waals surface area contributed by atoms with E-state index < -0.39 is 17.2 Å². The standard InChI is InChI=1S/C25H28F2N2O2S/c1-25(2,3)31-24(30)28-12-10-20-17(14-28)15-8-9-16(21-18(26)6-4-7-19(21)27)23-22(15)29(20)11-5-13-32-23/h4,6-9,17,20H,5,10-14H2,1-3H3/t17-,20-/m0/s1. The summed E-state index contributed by atoms with van der Waals surface area (Å²) in [5.41, 5.74) is 2.42. The number of fused-ring (bicyclic) bond motifs is 3. The Morgan fingerprint density at radius 3 is 2.59 bits per heavy atom. The minimum Gasteiger partial charge on any atom is -0.444 e. The van der Waals surface area contributed by atoms with E-state index in [1.54, 1.807) is 11.8 Å². The van der Waals surface area contributed by atoms with Crippen molar-refractivity contribution in [2.75, 3.05) is 30.3 Å². The van der Waals surface area contributed by atoms with Gasteiger partial charge in [-0.25, -0.2) is 13.6 Å². The molecule has 0 unspecified atom stereocenters. The van der Waals surface area contributed by atoms with Crippen molar-refractivity contribution >= 4 is 23.5 Å². The molecule has 170 valence electrons. The van der Waals surface area contributed by atoms with Crippen LogP contribution in [0.3, 0.4) is 0 Å². The Labute approximate surface area is 191 Å². The Morgan fingerprint density at radius 2 is 1.88 bits per heavy atom. The molecule has 0 spiro atoms. The highest BCUT2D eigenvalue weighted by molar-refractivity contribution is 7.99. The molecule has 32 heavy (non-hydrogen) atoms. The van der Waals surface area contributed by atoms with Crippen molar-refractivity contribution in [1.29, 1.82) is 0 Å². The molecule has 1 saturated heterocycles. The van der Waals surface area contributed by atoms with Crippen LogP contribution in [0, 0.1) is 11.6 Å². The Bertz CT molecular complexity index is 1050. The van der Waals surface area contributed by atoms with Crippen LogP contribution in [-0.2, 0) is 4.74 Å². The van der Waals surface area contributed by atoms with E-state index in [9.17, 15) is 13.6 Å². The summed E-state index contributed by atoms with van der Waals surface area (Å²) in [7, 11) is 0. The summed E-state index contributed by atoms with van der Waals surface area (Å²) in [6.07, 6.45) is 1.59. The fourth-order valence-corrected chi connectivity index (χ4v) is 6.42. The molecule has 0 bridgehead atoms. The van der Waals surface area contributed by atoms with Crippen molar-refractivity contribution in [3.63, 3.8) is 0 Å². The van der Waals surface area contributed by atoms with Gasteiger partial charge in [0.15, 0.2) is 0 Å². The first-order chi connectivity index (χ1) is 15.2. The van der Waals surface area contributed by atoms with Crippen LogP contribution in [0.5, 0.6) is 0 Å². The molecule has 3 aliphatic rings. The van der Waals surface area contributed by atoms with E-state index >= 15 is 0 Å². The van der Waals surface area contributed by atoms with Gasteiger partial charge in [0, 0.05) is 42.1 Å². The van der Waals surface area contributed by atoms with E-state index in [4.69, 9.17) is 4.74 Å². The summed E-state index contributed by atoms with van der Waals surface area (Å²) in [5.74, 6) is 0.00807. The average molecular weight is 459 g/mol. The second-order valence-corrected chi connectivity index (χ2v) is 10.9. The summed E-state index contributed by atoms with van der Waals surface area (Å²) < 4.78 is 35.0. The van der Waals surface area contributed by atoms with Gasteiger partial charge in [0.05, 0.1) is 11.3 Å². The smallest absolute Gasteiger partial charge is 0.410 e. The lowest BCUT2D eigenvalue weighted by Crippen LogP contribution is -2.49. The highest BCUT2D eigenvalue weighted by Gasteiger charge is 2.45. The minimum absolute atomic E-state index is 0.0462. The molecule has 0 aliphatic carbocycles. The van der Waals surface area contributed by atoms with Crippen LogP contribution in [0.1, 0.15) is 45.1 Å². The number of hydrogen-bond donors (Lipinski definition) is 0. The summed E-state index contributed by atoms with van der Waals surface area (Å²) in [4.78, 5) is 17.9. The number of amides is 1. The fourth-order valence-electron chi connectivity index (χ4n) is 5.24. The van der Waals surface area contributed by atoms with Gasteiger partial charge < -0.3 is 14.5 Å². The SMILES string of the molecule is CC(C)(C)OC(=O)N1CC[C@H]2[C@@H](C1)c1ccc(-c3c(F)cccc3F)c3c1N2CCCS3. The molecule has 2 aromatic carbocycles. The van der Waals surface area contributed by atoms with Crippen LogP contribution in [0.2, 0.25) is 0 Å². The van der Waals surface area contributed by atoms with Crippen LogP contribution in [-0.4, -0.2) is 48.0 Å². The zero-order valence-corrected chi connectivity index (χ0v) is 19.5. The Balaban J connectivity index is 1.55. The number of likely N-dealkylation sites (tertiary alicyclic amines) is 1. The number of rotatable bonds is 1. The van der Waals surface area contributed by atoms with Crippen molar-refractivity contribution in [2.24, 2.45) is 0 Å². The zero-order chi connectivity index (χ0) is 22.6. The first kappa shape index (κ1) is 21.6. The lowest BCUT2D eigenvalue weighted by molar-refractivity contribution is 0.0189. The van der Waals surface area contributed by atoms with Crippen molar-refractivity contribution in [2.45, 2.75) is 56.1 Å². The van der Waals surface area contributed by atoms with Crippen LogP contribution in [0.25, 0.3) is 11.1 Å². The van der Waals surface area contributed by atoms with Gasteiger partial charge in [0.2, 0.25) is 0 Å². The highest BCUT2D eigenvalue weighted by atomic mass is 32.2. The molecular formula is C25H28F2N2O2S. The summed E-state index contributed by atoms with van der Waals surface area (Å²) in [6, 6.07) is 8.20. The van der Waals surface area contributed by atoms with Gasteiger partial charge in [-0.05, 0) is 57.1 Å². The quantitative estimate of drug-likeness (QED) is 0.522. The third-order valence-corrected chi connectivity index (χ3v) is 7.69. The molecule has 5 rings (SSSR count). The second-order valence-electron chi connectivity index (χ2n) is 9.76. The molecule has 0 radical (unpaired) electrons. The molecule has 4 nitrogen and oxygen atoms in total. The summed E-state index contributed by atoms with van der Waals surface area (Å²) >= 11 is 1.69. The number of ether oxygens (including phenoxy) is 1. The Hall–Kier alpha value is -2.28. The molecule has 0 saturated carbocycles. The number of nitrogens with zero attached hydrogens (tertiary/aromatic N) is 2.